The number of allylic oxidation sites excluding steroid dienone is 1. The molecule has 11 heteroatoms. The van der Waals surface area contributed by atoms with Crippen molar-refractivity contribution in [2.45, 2.75) is 25.2 Å². The number of thioether (sulfide) groups is 1. The summed E-state index contributed by atoms with van der Waals surface area (Å²) in [6.07, 6.45) is -1.54. The number of nitrogens with one attached hydrogen (secondary N) is 1. The molecule has 1 aromatic rings. The summed E-state index contributed by atoms with van der Waals surface area (Å²) in [7, 11) is 0. The van der Waals surface area contributed by atoms with Crippen molar-refractivity contribution in [1.29, 1.82) is 0 Å². The van der Waals surface area contributed by atoms with Crippen molar-refractivity contribution in [2.24, 2.45) is 0 Å². The number of carbonyl (C=O) groups excluding carboxylic acids is 1. The molecule has 7 nitrogen and oxygen atoms in total. The predicted molar refractivity (Wildman–Crippen MR) is 83.1 cm³/mol. The third-order valence-electron chi connectivity index (χ3n) is 2.89. The third-order valence-corrected chi connectivity index (χ3v) is 4.16. The van der Waals surface area contributed by atoms with Gasteiger partial charge in [0.05, 0.1) is 5.56 Å². The van der Waals surface area contributed by atoms with Crippen molar-refractivity contribution in [3.63, 3.8) is 0 Å². The summed E-state index contributed by atoms with van der Waals surface area (Å²) in [6.45, 7) is 2.56. The average Bonchev–Trinajstić information content (AvgIpc) is 2.49. The molecule has 1 saturated heterocycles. The number of aliphatic hydroxyl groups excluding tert-OH is 1. The number of aliphatic carboxylic acids is 1. The minimum atomic E-state index is -4.64. The van der Waals surface area contributed by atoms with Crippen molar-refractivity contribution >= 4 is 23.6 Å². The van der Waals surface area contributed by atoms with Gasteiger partial charge in [-0.3, -0.25) is 9.59 Å². The largest absolute Gasteiger partial charge is 0.505 e. The molecule has 0 radical (unpaired) electrons. The summed E-state index contributed by atoms with van der Waals surface area (Å²) in [4.78, 5) is 22.2. The van der Waals surface area contributed by atoms with Crippen LogP contribution in [0.3, 0.4) is 0 Å². The number of rotatable bonds is 5. The molecule has 1 amide bonds. The Balaban J connectivity index is 0.000000381. The molecular formula is C14H17F3N3O4S+. The number of carbonyl (C=O) groups is 2. The number of hydrogen-bond donors (Lipinski definition) is 3. The number of amides is 1. The molecule has 138 valence electrons. The molecule has 0 saturated carbocycles. The van der Waals surface area contributed by atoms with E-state index in [1.807, 2.05) is 0 Å². The van der Waals surface area contributed by atoms with Crippen molar-refractivity contribution in [2.75, 3.05) is 11.5 Å². The molecule has 1 aliphatic heterocycles. The van der Waals surface area contributed by atoms with Crippen LogP contribution in [0, 0.1) is 0 Å². The summed E-state index contributed by atoms with van der Waals surface area (Å²) in [5.74, 6) is -0.825. The van der Waals surface area contributed by atoms with Crippen LogP contribution in [-0.2, 0) is 11.3 Å². The highest BCUT2D eigenvalue weighted by Crippen LogP contribution is 2.20. The molecule has 0 unspecified atom stereocenters. The monoisotopic (exact) mass is 380 g/mol. The Morgan fingerprint density at radius 2 is 2.00 bits per heavy atom. The molecule has 0 spiro atoms. The third kappa shape index (κ3) is 7.88. The topological polar surface area (TPSA) is 103 Å². The number of aromatic nitrogens is 2. The van der Waals surface area contributed by atoms with Gasteiger partial charge in [0.1, 0.15) is 12.6 Å². The Morgan fingerprint density at radius 1 is 1.40 bits per heavy atom. The molecule has 1 aliphatic rings. The van der Waals surface area contributed by atoms with Crippen LogP contribution in [0.4, 0.5) is 13.2 Å². The van der Waals surface area contributed by atoms with Crippen molar-refractivity contribution in [3.8, 4) is 0 Å². The molecule has 0 atom stereocenters. The van der Waals surface area contributed by atoms with Crippen molar-refractivity contribution in [3.05, 3.63) is 36.4 Å². The van der Waals surface area contributed by atoms with Gasteiger partial charge in [-0.05, 0) is 5.10 Å². The number of nitrogens with zero attached hydrogens (tertiary/aromatic N) is 2. The maximum absolute atomic E-state index is 11.8. The summed E-state index contributed by atoms with van der Waals surface area (Å²) in [5.41, 5.74) is 0.499. The Labute approximate surface area is 145 Å². The van der Waals surface area contributed by atoms with Gasteiger partial charge in [-0.25, -0.2) is 0 Å². The summed E-state index contributed by atoms with van der Waals surface area (Å²) >= 11 is 1.80. The van der Waals surface area contributed by atoms with E-state index in [4.69, 9.17) is 10.2 Å². The average molecular weight is 380 g/mol. The van der Waals surface area contributed by atoms with E-state index in [2.05, 4.69) is 17.0 Å². The Bertz CT molecular complexity index is 619. The van der Waals surface area contributed by atoms with Crippen molar-refractivity contribution < 1.29 is 37.7 Å². The fourth-order valence-corrected chi connectivity index (χ4v) is 2.09. The molecule has 3 N–H and O–H groups in total. The maximum atomic E-state index is 11.8. The van der Waals surface area contributed by atoms with Crippen LogP contribution >= 0.6 is 11.8 Å². The fourth-order valence-electron chi connectivity index (χ4n) is 1.45. The van der Waals surface area contributed by atoms with Crippen LogP contribution in [0.25, 0.3) is 0 Å². The maximum Gasteiger partial charge on any atom is 0.448 e. The van der Waals surface area contributed by atoms with E-state index >= 15 is 0 Å². The van der Waals surface area contributed by atoms with Gasteiger partial charge < -0.3 is 15.5 Å². The summed E-state index contributed by atoms with van der Waals surface area (Å²) in [5, 5.41) is 23.0. The molecule has 1 fully saturated rings. The normalized spacial score (nSPS) is 13.9. The number of aliphatic hydroxyl groups is 1. The first-order valence-corrected chi connectivity index (χ1v) is 8.16. The smallest absolute Gasteiger partial charge is 0.448 e. The predicted octanol–water partition coefficient (Wildman–Crippen LogP) is 1.31. The molecule has 1 aromatic heterocycles. The van der Waals surface area contributed by atoms with Crippen LogP contribution < -0.4 is 10.00 Å². The Hall–Kier alpha value is -2.30. The lowest BCUT2D eigenvalue weighted by molar-refractivity contribution is -0.753. The fraction of sp³-hybridized carbons (Fsp3) is 0.429. The van der Waals surface area contributed by atoms with Gasteiger partial charge in [-0.15, -0.1) is 0 Å². The van der Waals surface area contributed by atoms with Crippen LogP contribution in [0.5, 0.6) is 0 Å². The van der Waals surface area contributed by atoms with Gasteiger partial charge in [-0.2, -0.15) is 24.9 Å². The zero-order chi connectivity index (χ0) is 19.0. The molecule has 0 bridgehead atoms. The standard InChI is InChI=1S/C11H13N3O3S.C3H3F3O/c15-10(16)2-4-14-3-1-8(5-12-14)11(17)13-9-6-18-7-9;1-2(7)3(4,5)6/h1,3,5,9H,2,4,6-7H2,(H-,13,15,16,17);7H,1H2/p+1. The number of hydrogen-bond acceptors (Lipinski definition) is 5. The van der Waals surface area contributed by atoms with Gasteiger partial charge in [0.15, 0.2) is 18.5 Å². The number of halogens is 3. The van der Waals surface area contributed by atoms with Crippen molar-refractivity contribution in [1.82, 2.24) is 10.4 Å². The minimum Gasteiger partial charge on any atom is -0.505 e. The Kier molecular flexibility index (Phi) is 7.68. The van der Waals surface area contributed by atoms with Crippen LogP contribution in [0.2, 0.25) is 0 Å². The molecule has 2 rings (SSSR count). The van der Waals surface area contributed by atoms with E-state index in [0.29, 0.717) is 12.1 Å². The number of carboxylic acids is 1. The molecule has 2 heterocycles. The van der Waals surface area contributed by atoms with E-state index < -0.39 is 17.9 Å². The van der Waals surface area contributed by atoms with Gasteiger partial charge in [0.2, 0.25) is 0 Å². The molecular weight excluding hydrogens is 363 g/mol. The Morgan fingerprint density at radius 3 is 2.36 bits per heavy atom. The molecule has 25 heavy (non-hydrogen) atoms. The van der Waals surface area contributed by atoms with E-state index in [9.17, 15) is 22.8 Å². The van der Waals surface area contributed by atoms with Crippen LogP contribution in [0.15, 0.2) is 30.8 Å². The van der Waals surface area contributed by atoms with E-state index in [1.165, 1.54) is 10.9 Å². The SMILES string of the molecule is C=C(O)C(F)(F)F.O=C(O)CC[n+]1ccc(C(=O)NC2CSC2)cn1. The first-order valence-electron chi connectivity index (χ1n) is 7.01. The highest BCUT2D eigenvalue weighted by atomic mass is 32.2. The second kappa shape index (κ2) is 9.25. The second-order valence-electron chi connectivity index (χ2n) is 4.97. The van der Waals surface area contributed by atoms with Crippen LogP contribution in [-0.4, -0.2) is 50.9 Å². The lowest BCUT2D eigenvalue weighted by atomic mass is 10.2. The highest BCUT2D eigenvalue weighted by molar-refractivity contribution is 8.00. The number of aryl methyl sites for hydroxylation is 1. The van der Waals surface area contributed by atoms with E-state index in [1.54, 1.807) is 24.0 Å². The quantitative estimate of drug-likeness (QED) is 0.526. The second-order valence-corrected chi connectivity index (χ2v) is 6.05. The number of carboxylic acid groups (broad SMARTS) is 1. The molecule has 0 aliphatic carbocycles. The van der Waals surface area contributed by atoms with Crippen LogP contribution in [0.1, 0.15) is 16.8 Å². The summed E-state index contributed by atoms with van der Waals surface area (Å²) in [6, 6.07) is 1.91. The van der Waals surface area contributed by atoms with Gasteiger partial charge in [-0.1, -0.05) is 11.3 Å². The zero-order valence-corrected chi connectivity index (χ0v) is 13.8. The first-order chi connectivity index (χ1) is 11.6. The lowest BCUT2D eigenvalue weighted by Crippen LogP contribution is -2.44. The number of alkyl halides is 3. The van der Waals surface area contributed by atoms with E-state index in [-0.39, 0.29) is 18.4 Å². The summed E-state index contributed by atoms with van der Waals surface area (Å²) < 4.78 is 34.0. The van der Waals surface area contributed by atoms with Gasteiger partial charge in [0.25, 0.3) is 5.91 Å². The highest BCUT2D eigenvalue weighted by Gasteiger charge is 2.31. The minimum absolute atomic E-state index is 0.0164. The molecule has 0 aromatic carbocycles. The van der Waals surface area contributed by atoms with Gasteiger partial charge in [0, 0.05) is 23.6 Å². The van der Waals surface area contributed by atoms with Gasteiger partial charge >= 0.3 is 12.1 Å². The zero-order valence-electron chi connectivity index (χ0n) is 13.0. The lowest BCUT2D eigenvalue weighted by Gasteiger charge is -2.25. The van der Waals surface area contributed by atoms with E-state index in [0.717, 1.165) is 11.5 Å². The first kappa shape index (κ1) is 20.7.